The molecule has 1 aliphatic rings. The number of hydrogen-bond donors (Lipinski definition) is 0. The maximum absolute atomic E-state index is 13.5. The smallest absolute Gasteiger partial charge is 0.203 e. The molecule has 2 aromatic carbocycles. The summed E-state index contributed by atoms with van der Waals surface area (Å²) in [5.74, 6) is 0.593. The second kappa shape index (κ2) is 9.02. The highest BCUT2D eigenvalue weighted by molar-refractivity contribution is 7.71. The zero-order chi connectivity index (χ0) is 22.1. The monoisotopic (exact) mass is 439 g/mol. The van der Waals surface area contributed by atoms with Crippen molar-refractivity contribution in [3.05, 3.63) is 76.1 Å². The first kappa shape index (κ1) is 21.9. The fourth-order valence-electron chi connectivity index (χ4n) is 3.80. The molecule has 164 valence electrons. The highest BCUT2D eigenvalue weighted by Gasteiger charge is 2.30. The van der Waals surface area contributed by atoms with Gasteiger partial charge in [0.25, 0.3) is 0 Å². The van der Waals surface area contributed by atoms with Gasteiger partial charge in [-0.25, -0.2) is 9.07 Å². The van der Waals surface area contributed by atoms with Gasteiger partial charge in [0.05, 0.1) is 12.7 Å². The molecule has 0 saturated heterocycles. The van der Waals surface area contributed by atoms with Crippen molar-refractivity contribution >= 4 is 12.2 Å². The summed E-state index contributed by atoms with van der Waals surface area (Å²) in [6, 6.07) is 15.7. The molecule has 7 heteroatoms. The molecule has 3 aromatic rings. The van der Waals surface area contributed by atoms with Gasteiger partial charge < -0.3 is 0 Å². The van der Waals surface area contributed by atoms with E-state index in [4.69, 9.17) is 17.3 Å². The van der Waals surface area contributed by atoms with E-state index in [-0.39, 0.29) is 11.9 Å². The van der Waals surface area contributed by atoms with Crippen LogP contribution in [0.1, 0.15) is 42.8 Å². The molecule has 0 radical (unpaired) electrons. The fourth-order valence-corrected chi connectivity index (χ4v) is 4.10. The van der Waals surface area contributed by atoms with E-state index in [1.165, 1.54) is 36.1 Å². The van der Waals surface area contributed by atoms with Gasteiger partial charge >= 0.3 is 0 Å². The van der Waals surface area contributed by atoms with Gasteiger partial charge in [-0.05, 0) is 82.8 Å². The van der Waals surface area contributed by atoms with Crippen molar-refractivity contribution in [2.45, 2.75) is 52.0 Å². The molecular weight excluding hydrogens is 409 g/mol. The Morgan fingerprint density at radius 2 is 1.87 bits per heavy atom. The van der Waals surface area contributed by atoms with Gasteiger partial charge in [-0.15, -0.1) is 0 Å². The SMILES string of the molecule is Cc1cccc(CN(Cn2nc(C(C)N(C)C)n(-c3ccc(F)cc3)c2=S)C2CC2)c1. The Hall–Kier alpha value is -2.35. The van der Waals surface area contributed by atoms with Crippen molar-refractivity contribution in [1.29, 1.82) is 0 Å². The summed E-state index contributed by atoms with van der Waals surface area (Å²) < 4.78 is 18.0. The lowest BCUT2D eigenvalue weighted by molar-refractivity contribution is 0.185. The Morgan fingerprint density at radius 1 is 1.16 bits per heavy atom. The molecule has 0 spiro atoms. The minimum atomic E-state index is -0.261. The van der Waals surface area contributed by atoms with Gasteiger partial charge in [-0.3, -0.25) is 14.4 Å². The molecule has 4 rings (SSSR count). The van der Waals surface area contributed by atoms with Gasteiger partial charge in [0.1, 0.15) is 5.82 Å². The van der Waals surface area contributed by atoms with Crippen LogP contribution in [0.5, 0.6) is 0 Å². The Balaban J connectivity index is 1.69. The van der Waals surface area contributed by atoms with Crippen LogP contribution in [0.25, 0.3) is 5.69 Å². The number of rotatable bonds is 8. The van der Waals surface area contributed by atoms with E-state index >= 15 is 0 Å². The molecule has 5 nitrogen and oxygen atoms in total. The number of hydrogen-bond acceptors (Lipinski definition) is 4. The lowest BCUT2D eigenvalue weighted by atomic mass is 10.1. The number of nitrogens with zero attached hydrogens (tertiary/aromatic N) is 5. The molecule has 0 amide bonds. The lowest BCUT2D eigenvalue weighted by Gasteiger charge is -2.22. The summed E-state index contributed by atoms with van der Waals surface area (Å²) in [6.07, 6.45) is 2.41. The van der Waals surface area contributed by atoms with E-state index in [9.17, 15) is 4.39 Å². The maximum atomic E-state index is 13.5. The fraction of sp³-hybridized carbons (Fsp3) is 0.417. The van der Waals surface area contributed by atoms with E-state index < -0.39 is 0 Å². The summed E-state index contributed by atoms with van der Waals surface area (Å²) in [7, 11) is 4.05. The van der Waals surface area contributed by atoms with E-state index in [1.54, 1.807) is 12.1 Å². The van der Waals surface area contributed by atoms with Gasteiger partial charge in [0.15, 0.2) is 5.82 Å². The first-order chi connectivity index (χ1) is 14.8. The van der Waals surface area contributed by atoms with Gasteiger partial charge in [0, 0.05) is 18.3 Å². The van der Waals surface area contributed by atoms with Crippen molar-refractivity contribution in [1.82, 2.24) is 24.1 Å². The first-order valence-corrected chi connectivity index (χ1v) is 11.2. The normalized spacial score (nSPS) is 15.1. The van der Waals surface area contributed by atoms with Crippen LogP contribution in [0, 0.1) is 17.5 Å². The molecule has 31 heavy (non-hydrogen) atoms. The number of benzene rings is 2. The summed E-state index contributed by atoms with van der Waals surface area (Å²) in [5, 5.41) is 4.94. The van der Waals surface area contributed by atoms with Crippen LogP contribution < -0.4 is 0 Å². The van der Waals surface area contributed by atoms with E-state index in [2.05, 4.69) is 47.9 Å². The Morgan fingerprint density at radius 3 is 2.48 bits per heavy atom. The molecule has 0 bridgehead atoms. The molecule has 1 atom stereocenters. The molecule has 1 unspecified atom stereocenters. The summed E-state index contributed by atoms with van der Waals surface area (Å²) in [4.78, 5) is 4.56. The van der Waals surface area contributed by atoms with Crippen LogP contribution in [0.15, 0.2) is 48.5 Å². The van der Waals surface area contributed by atoms with Crippen molar-refractivity contribution in [2.75, 3.05) is 14.1 Å². The molecule has 1 aromatic heterocycles. The van der Waals surface area contributed by atoms with Crippen molar-refractivity contribution in [3.63, 3.8) is 0 Å². The standard InChI is InChI=1S/C24H30FN5S/c1-17-6-5-7-19(14-17)15-28(21-12-13-21)16-29-24(31)30(22-10-8-20(25)9-11-22)23(26-29)18(2)27(3)4/h5-11,14,18,21H,12-13,15-16H2,1-4H3. The zero-order valence-electron chi connectivity index (χ0n) is 18.6. The van der Waals surface area contributed by atoms with Crippen molar-refractivity contribution in [3.8, 4) is 5.69 Å². The summed E-state index contributed by atoms with van der Waals surface area (Å²) >= 11 is 5.87. The van der Waals surface area contributed by atoms with E-state index in [1.807, 2.05) is 23.3 Å². The average Bonchev–Trinajstić information content (AvgIpc) is 3.53. The molecule has 1 saturated carbocycles. The zero-order valence-corrected chi connectivity index (χ0v) is 19.4. The number of aryl methyl sites for hydroxylation is 1. The van der Waals surface area contributed by atoms with E-state index in [0.717, 1.165) is 18.1 Å². The molecule has 0 aliphatic heterocycles. The third-order valence-electron chi connectivity index (χ3n) is 5.94. The third kappa shape index (κ3) is 4.95. The molecule has 1 heterocycles. The number of halogens is 1. The number of aromatic nitrogens is 3. The summed E-state index contributed by atoms with van der Waals surface area (Å²) in [5.41, 5.74) is 3.41. The third-order valence-corrected chi connectivity index (χ3v) is 6.34. The van der Waals surface area contributed by atoms with Crippen molar-refractivity contribution in [2.24, 2.45) is 0 Å². The Labute approximate surface area is 188 Å². The van der Waals surface area contributed by atoms with Gasteiger partial charge in [-0.1, -0.05) is 29.8 Å². The molecule has 1 fully saturated rings. The van der Waals surface area contributed by atoms with Crippen LogP contribution >= 0.6 is 12.2 Å². The highest BCUT2D eigenvalue weighted by Crippen LogP contribution is 2.30. The van der Waals surface area contributed by atoms with Gasteiger partial charge in [-0.2, -0.15) is 5.10 Å². The lowest BCUT2D eigenvalue weighted by Crippen LogP contribution is -2.29. The predicted octanol–water partition coefficient (Wildman–Crippen LogP) is 5.10. The molecular formula is C24H30FN5S. The van der Waals surface area contributed by atoms with Crippen LogP contribution in [-0.4, -0.2) is 44.3 Å². The van der Waals surface area contributed by atoms with Gasteiger partial charge in [0.2, 0.25) is 4.77 Å². The Bertz CT molecular complexity index is 1100. The Kier molecular flexibility index (Phi) is 6.36. The quantitative estimate of drug-likeness (QED) is 0.457. The first-order valence-electron chi connectivity index (χ1n) is 10.7. The average molecular weight is 440 g/mol. The van der Waals surface area contributed by atoms with Crippen LogP contribution in [0.2, 0.25) is 0 Å². The second-order valence-electron chi connectivity index (χ2n) is 8.70. The second-order valence-corrected chi connectivity index (χ2v) is 9.07. The van der Waals surface area contributed by atoms with Crippen LogP contribution in [0.4, 0.5) is 4.39 Å². The molecule has 0 N–H and O–H groups in total. The summed E-state index contributed by atoms with van der Waals surface area (Å²) in [6.45, 7) is 5.74. The van der Waals surface area contributed by atoms with Crippen LogP contribution in [-0.2, 0) is 13.2 Å². The minimum absolute atomic E-state index is 0.0548. The topological polar surface area (TPSA) is 29.2 Å². The molecule has 1 aliphatic carbocycles. The van der Waals surface area contributed by atoms with Crippen molar-refractivity contribution < 1.29 is 4.39 Å². The minimum Gasteiger partial charge on any atom is -0.300 e. The maximum Gasteiger partial charge on any atom is 0.203 e. The van der Waals surface area contributed by atoms with E-state index in [0.29, 0.717) is 17.5 Å². The van der Waals surface area contributed by atoms with Crippen LogP contribution in [0.3, 0.4) is 0 Å². The predicted molar refractivity (Wildman–Crippen MR) is 124 cm³/mol. The largest absolute Gasteiger partial charge is 0.300 e. The highest BCUT2D eigenvalue weighted by atomic mass is 32.1.